The number of benzene rings is 5. The molecular formula is C50H68N2. The van der Waals surface area contributed by atoms with Crippen molar-refractivity contribution in [2.75, 3.05) is 0 Å². The highest BCUT2D eigenvalue weighted by Crippen LogP contribution is 2.30. The molecule has 0 unspecified atom stereocenters. The van der Waals surface area contributed by atoms with Crippen molar-refractivity contribution in [1.29, 1.82) is 0 Å². The number of pyridine rings is 1. The highest BCUT2D eigenvalue weighted by atomic mass is 15.0. The van der Waals surface area contributed by atoms with Gasteiger partial charge in [-0.05, 0) is 42.3 Å². The monoisotopic (exact) mass is 697 g/mol. The average molecular weight is 697 g/mol. The van der Waals surface area contributed by atoms with Gasteiger partial charge >= 0.3 is 0 Å². The molecule has 5 aromatic carbocycles. The summed E-state index contributed by atoms with van der Waals surface area (Å²) in [6.07, 6.45) is 1.25. The molecule has 0 aliphatic heterocycles. The Kier molecular flexibility index (Phi) is 26.9. The van der Waals surface area contributed by atoms with Gasteiger partial charge in [0.2, 0.25) is 0 Å². The number of aromatic nitrogens is 2. The molecule has 52 heavy (non-hydrogen) atoms. The van der Waals surface area contributed by atoms with Crippen LogP contribution < -0.4 is 0 Å². The first-order valence-corrected chi connectivity index (χ1v) is 19.9. The van der Waals surface area contributed by atoms with Crippen LogP contribution in [0, 0.1) is 0 Å². The molecule has 0 saturated carbocycles. The van der Waals surface area contributed by atoms with E-state index in [9.17, 15) is 0 Å². The summed E-state index contributed by atoms with van der Waals surface area (Å²) in [6.45, 7) is 27.5. The van der Waals surface area contributed by atoms with E-state index in [-0.39, 0.29) is 0 Å². The summed E-state index contributed by atoms with van der Waals surface area (Å²) in [6, 6.07) is 52.7. The van der Waals surface area contributed by atoms with Crippen LogP contribution in [0.2, 0.25) is 0 Å². The summed E-state index contributed by atoms with van der Waals surface area (Å²) in [5.41, 5.74) is 9.31. The van der Waals surface area contributed by atoms with Crippen LogP contribution in [0.1, 0.15) is 96.4 Å². The molecule has 2 aromatic heterocycles. The molecule has 0 radical (unpaired) electrons. The van der Waals surface area contributed by atoms with Gasteiger partial charge in [0, 0.05) is 39.5 Å². The summed E-state index contributed by atoms with van der Waals surface area (Å²) in [7, 11) is 0. The molecule has 0 fully saturated rings. The second-order valence-electron chi connectivity index (χ2n) is 10.2. The van der Waals surface area contributed by atoms with Crippen LogP contribution in [0.4, 0.5) is 0 Å². The lowest BCUT2D eigenvalue weighted by Gasteiger charge is -2.10. The largest absolute Gasteiger partial charge is 0.341 e. The Balaban J connectivity index is 0.000000798. The van der Waals surface area contributed by atoms with Crippen molar-refractivity contribution < 1.29 is 0 Å². The molecule has 2 heterocycles. The zero-order valence-electron chi connectivity index (χ0n) is 34.7. The summed E-state index contributed by atoms with van der Waals surface area (Å²) in [5.74, 6) is 0. The lowest BCUT2D eigenvalue weighted by atomic mass is 10.00. The molecule has 0 amide bonds. The Morgan fingerprint density at radius 2 is 0.654 bits per heavy atom. The summed E-state index contributed by atoms with van der Waals surface area (Å²) >= 11 is 0. The number of hydrogen-bond acceptors (Lipinski definition) is 1. The third-order valence-electron chi connectivity index (χ3n) is 7.07. The fraction of sp³-hybridized carbons (Fsp3) is 0.300. The summed E-state index contributed by atoms with van der Waals surface area (Å²) in [5, 5.41) is 2.71. The van der Waals surface area contributed by atoms with Gasteiger partial charge in [-0.25, -0.2) is 4.98 Å². The van der Waals surface area contributed by atoms with Crippen molar-refractivity contribution in [3.8, 4) is 33.6 Å². The molecule has 0 bridgehead atoms. The second-order valence-corrected chi connectivity index (χ2v) is 10.2. The molecule has 7 aromatic rings. The first kappa shape index (κ1) is 47.1. The number of hydrogen-bond donors (Lipinski definition) is 0. The average Bonchev–Trinajstić information content (AvgIpc) is 3.59. The van der Waals surface area contributed by atoms with Crippen LogP contribution in [-0.4, -0.2) is 9.55 Å². The van der Waals surface area contributed by atoms with Crippen molar-refractivity contribution in [2.45, 2.75) is 103 Å². The first-order chi connectivity index (χ1) is 25.7. The first-order valence-electron chi connectivity index (χ1n) is 19.9. The highest BCUT2D eigenvalue weighted by Gasteiger charge is 2.09. The quantitative estimate of drug-likeness (QED) is 0.179. The summed E-state index contributed by atoms with van der Waals surface area (Å²) < 4.78 is 2.37. The Labute approximate surface area is 318 Å². The molecule has 7 rings (SSSR count). The Hall–Kier alpha value is -4.95. The third kappa shape index (κ3) is 14.0. The van der Waals surface area contributed by atoms with E-state index in [1.54, 1.807) is 0 Å². The standard InChI is InChI=1S/C23H17N.C14H13N.C3H8.5C2H6/c1-4-10-18(11-5-1)21-16-22(19-12-6-2-7-13-19)24-23(17-21)20-14-8-3-9-15-20;1-2-15-13-9-5-3-7-11(13)12-8-4-6-10-14(12)15;1-3-2;5*1-2/h1-17H;3-10H,2H2,1H3;3H2,1-2H3;5*1-2H3. The Morgan fingerprint density at radius 3 is 0.981 bits per heavy atom. The Bertz CT molecular complexity index is 1640. The van der Waals surface area contributed by atoms with Gasteiger partial charge in [0.15, 0.2) is 0 Å². The van der Waals surface area contributed by atoms with E-state index in [0.29, 0.717) is 0 Å². The topological polar surface area (TPSA) is 17.8 Å². The fourth-order valence-electron chi connectivity index (χ4n) is 5.19. The zero-order chi connectivity index (χ0) is 39.1. The van der Waals surface area contributed by atoms with Crippen LogP contribution in [0.5, 0.6) is 0 Å². The number of fused-ring (bicyclic) bond motifs is 3. The van der Waals surface area contributed by atoms with Crippen LogP contribution in [-0.2, 0) is 6.54 Å². The number of rotatable bonds is 4. The smallest absolute Gasteiger partial charge is 0.0715 e. The minimum atomic E-state index is 0.996. The van der Waals surface area contributed by atoms with E-state index in [1.165, 1.54) is 39.4 Å². The van der Waals surface area contributed by atoms with Gasteiger partial charge < -0.3 is 4.57 Å². The molecule has 2 heteroatoms. The van der Waals surface area contributed by atoms with Crippen LogP contribution >= 0.6 is 0 Å². The van der Waals surface area contributed by atoms with E-state index in [4.69, 9.17) is 4.98 Å². The van der Waals surface area contributed by atoms with Gasteiger partial charge in [-0.1, -0.05) is 217 Å². The molecule has 0 saturated heterocycles. The summed E-state index contributed by atoms with van der Waals surface area (Å²) in [4.78, 5) is 4.90. The molecule has 0 spiro atoms. The number of nitrogens with zero attached hydrogens (tertiary/aromatic N) is 2. The maximum absolute atomic E-state index is 4.90. The molecule has 0 aliphatic rings. The fourth-order valence-corrected chi connectivity index (χ4v) is 5.19. The lowest BCUT2D eigenvalue weighted by Crippen LogP contribution is -1.91. The molecule has 278 valence electrons. The van der Waals surface area contributed by atoms with Crippen LogP contribution in [0.3, 0.4) is 0 Å². The van der Waals surface area contributed by atoms with Crippen LogP contribution in [0.25, 0.3) is 55.4 Å². The molecule has 0 N–H and O–H groups in total. The van der Waals surface area contributed by atoms with E-state index in [0.717, 1.165) is 29.1 Å². The highest BCUT2D eigenvalue weighted by molar-refractivity contribution is 6.07. The lowest BCUT2D eigenvalue weighted by molar-refractivity contribution is 0.827. The predicted octanol–water partition coefficient (Wildman–Crippen LogP) is 16.4. The van der Waals surface area contributed by atoms with Gasteiger partial charge in [-0.15, -0.1) is 0 Å². The minimum Gasteiger partial charge on any atom is -0.341 e. The zero-order valence-corrected chi connectivity index (χ0v) is 34.7. The third-order valence-corrected chi connectivity index (χ3v) is 7.07. The SMILES string of the molecule is CC.CC.CC.CC.CC.CCC.CCn1c2ccccc2c2ccccc21.c1ccc(-c2cc(-c3ccccc3)nc(-c3ccccc3)c2)cc1. The van der Waals surface area contributed by atoms with Gasteiger partial charge in [-0.3, -0.25) is 0 Å². The van der Waals surface area contributed by atoms with Crippen molar-refractivity contribution in [3.05, 3.63) is 152 Å². The van der Waals surface area contributed by atoms with Crippen molar-refractivity contribution >= 4 is 21.8 Å². The normalized spacial score (nSPS) is 9.02. The second kappa shape index (κ2) is 29.7. The van der Waals surface area contributed by atoms with Crippen molar-refractivity contribution in [3.63, 3.8) is 0 Å². The van der Waals surface area contributed by atoms with Crippen molar-refractivity contribution in [1.82, 2.24) is 9.55 Å². The predicted molar refractivity (Wildman–Crippen MR) is 238 cm³/mol. The van der Waals surface area contributed by atoms with E-state index in [1.807, 2.05) is 112 Å². The maximum Gasteiger partial charge on any atom is 0.0715 e. The maximum atomic E-state index is 4.90. The van der Waals surface area contributed by atoms with Crippen LogP contribution in [0.15, 0.2) is 152 Å². The van der Waals surface area contributed by atoms with Gasteiger partial charge in [0.05, 0.1) is 11.4 Å². The Morgan fingerprint density at radius 1 is 0.365 bits per heavy atom. The van der Waals surface area contributed by atoms with Gasteiger partial charge in [-0.2, -0.15) is 0 Å². The molecule has 0 aliphatic carbocycles. The van der Waals surface area contributed by atoms with E-state index < -0.39 is 0 Å². The minimum absolute atomic E-state index is 0.996. The van der Waals surface area contributed by atoms with E-state index in [2.05, 4.69) is 135 Å². The molecule has 2 nitrogen and oxygen atoms in total. The van der Waals surface area contributed by atoms with Gasteiger partial charge in [0.1, 0.15) is 0 Å². The molecular weight excluding hydrogens is 629 g/mol. The van der Waals surface area contributed by atoms with Gasteiger partial charge in [0.25, 0.3) is 0 Å². The molecule has 0 atom stereocenters. The van der Waals surface area contributed by atoms with Crippen molar-refractivity contribution in [2.24, 2.45) is 0 Å². The van der Waals surface area contributed by atoms with E-state index >= 15 is 0 Å². The number of aryl methyl sites for hydroxylation is 1. The number of para-hydroxylation sites is 2.